The SMILES string of the molecule is C=Cc1ccc2c(ccc3c4cc(-c5ccc6cc(-c7ccc8cc(-c9ccc%10ccc%11ccccc%11c%10c9)ccc8c7)ccc6c5)ccc4ccc23)c1C=C. The van der Waals surface area contributed by atoms with Crippen molar-refractivity contribution in [3.8, 4) is 33.4 Å². The van der Waals surface area contributed by atoms with Gasteiger partial charge in [0.25, 0.3) is 0 Å². The summed E-state index contributed by atoms with van der Waals surface area (Å²) in [6.07, 6.45) is 3.85. The molecule has 0 aliphatic heterocycles. The Morgan fingerprint density at radius 3 is 1.14 bits per heavy atom. The Morgan fingerprint density at radius 2 is 0.607 bits per heavy atom. The lowest BCUT2D eigenvalue weighted by Gasteiger charge is -2.13. The normalized spacial score (nSPS) is 11.7. The first kappa shape index (κ1) is 32.2. The average molecular weight is 709 g/mol. The predicted octanol–water partition coefficient (Wildman–Crippen LogP) is 16.0. The van der Waals surface area contributed by atoms with Crippen LogP contribution >= 0.6 is 0 Å². The molecular weight excluding hydrogens is 673 g/mol. The van der Waals surface area contributed by atoms with Crippen LogP contribution in [0.1, 0.15) is 11.1 Å². The molecule has 0 heterocycles. The summed E-state index contributed by atoms with van der Waals surface area (Å²) in [5, 5.41) is 17.6. The van der Waals surface area contributed by atoms with Crippen LogP contribution in [0.2, 0.25) is 0 Å². The van der Waals surface area contributed by atoms with Crippen LogP contribution in [0.3, 0.4) is 0 Å². The van der Waals surface area contributed by atoms with E-state index in [2.05, 4.69) is 195 Å². The van der Waals surface area contributed by atoms with Crippen molar-refractivity contribution >= 4 is 87.6 Å². The molecule has 0 amide bonds. The quantitative estimate of drug-likeness (QED) is 0.156. The molecule has 0 spiro atoms. The molecule has 56 heavy (non-hydrogen) atoms. The molecule has 0 radical (unpaired) electrons. The summed E-state index contributed by atoms with van der Waals surface area (Å²) < 4.78 is 0. The molecule has 0 heteroatoms. The lowest BCUT2D eigenvalue weighted by Crippen LogP contribution is -1.87. The summed E-state index contributed by atoms with van der Waals surface area (Å²) in [6.45, 7) is 8.10. The minimum Gasteiger partial charge on any atom is -0.0984 e. The zero-order valence-electron chi connectivity index (χ0n) is 30.9. The van der Waals surface area contributed by atoms with Gasteiger partial charge in [0.05, 0.1) is 0 Å². The van der Waals surface area contributed by atoms with Gasteiger partial charge in [-0.1, -0.05) is 171 Å². The molecule has 11 aromatic rings. The van der Waals surface area contributed by atoms with Gasteiger partial charge in [0, 0.05) is 0 Å². The van der Waals surface area contributed by atoms with Crippen LogP contribution in [0.25, 0.3) is 121 Å². The highest BCUT2D eigenvalue weighted by Gasteiger charge is 2.11. The second kappa shape index (κ2) is 12.7. The summed E-state index contributed by atoms with van der Waals surface area (Å²) in [5.41, 5.74) is 9.60. The van der Waals surface area contributed by atoms with E-state index in [1.165, 1.54) is 109 Å². The Morgan fingerprint density at radius 1 is 0.250 bits per heavy atom. The van der Waals surface area contributed by atoms with E-state index in [4.69, 9.17) is 0 Å². The Hall–Kier alpha value is -7.28. The molecule has 0 unspecified atom stereocenters. The molecule has 0 bridgehead atoms. The molecule has 11 rings (SSSR count). The van der Waals surface area contributed by atoms with Crippen molar-refractivity contribution < 1.29 is 0 Å². The molecule has 0 aliphatic rings. The van der Waals surface area contributed by atoms with E-state index in [-0.39, 0.29) is 0 Å². The highest BCUT2D eigenvalue weighted by atomic mass is 14.2. The van der Waals surface area contributed by atoms with Crippen LogP contribution < -0.4 is 0 Å². The van der Waals surface area contributed by atoms with E-state index in [1.54, 1.807) is 0 Å². The van der Waals surface area contributed by atoms with Crippen LogP contribution in [0.15, 0.2) is 195 Å². The minimum atomic E-state index is 1.11. The van der Waals surface area contributed by atoms with Crippen LogP contribution in [-0.2, 0) is 0 Å². The van der Waals surface area contributed by atoms with Crippen LogP contribution in [0.5, 0.6) is 0 Å². The van der Waals surface area contributed by atoms with Gasteiger partial charge in [-0.2, -0.15) is 0 Å². The van der Waals surface area contributed by atoms with E-state index >= 15 is 0 Å². The maximum absolute atomic E-state index is 4.09. The summed E-state index contributed by atoms with van der Waals surface area (Å²) in [7, 11) is 0. The molecule has 0 saturated carbocycles. The van der Waals surface area contributed by atoms with Crippen LogP contribution in [0, 0.1) is 0 Å². The van der Waals surface area contributed by atoms with Gasteiger partial charge in [-0.3, -0.25) is 0 Å². The Balaban J connectivity index is 0.915. The maximum atomic E-state index is 4.09. The molecule has 0 N–H and O–H groups in total. The Bertz CT molecular complexity index is 3450. The van der Waals surface area contributed by atoms with Gasteiger partial charge < -0.3 is 0 Å². The highest BCUT2D eigenvalue weighted by molar-refractivity contribution is 6.19. The fourth-order valence-electron chi connectivity index (χ4n) is 8.97. The van der Waals surface area contributed by atoms with Gasteiger partial charge in [-0.25, -0.2) is 0 Å². The summed E-state index contributed by atoms with van der Waals surface area (Å²) in [4.78, 5) is 0. The van der Waals surface area contributed by atoms with Crippen molar-refractivity contribution in [1.82, 2.24) is 0 Å². The van der Waals surface area contributed by atoms with Gasteiger partial charge in [-0.05, 0) is 156 Å². The smallest absolute Gasteiger partial charge is 0.00987 e. The highest BCUT2D eigenvalue weighted by Crippen LogP contribution is 2.38. The lowest BCUT2D eigenvalue weighted by molar-refractivity contribution is 1.65. The average Bonchev–Trinajstić information content (AvgIpc) is 3.27. The monoisotopic (exact) mass is 708 g/mol. The van der Waals surface area contributed by atoms with Crippen LogP contribution in [-0.4, -0.2) is 0 Å². The number of benzene rings is 11. The number of hydrogen-bond donors (Lipinski definition) is 0. The molecule has 260 valence electrons. The van der Waals surface area contributed by atoms with Gasteiger partial charge in [0.1, 0.15) is 0 Å². The molecule has 11 aromatic carbocycles. The topological polar surface area (TPSA) is 0 Å². The van der Waals surface area contributed by atoms with Crippen molar-refractivity contribution in [2.45, 2.75) is 0 Å². The molecule has 0 nitrogen and oxygen atoms in total. The molecule has 0 saturated heterocycles. The second-order valence-electron chi connectivity index (χ2n) is 15.0. The molecule has 0 aliphatic carbocycles. The van der Waals surface area contributed by atoms with Gasteiger partial charge >= 0.3 is 0 Å². The third kappa shape index (κ3) is 5.15. The Kier molecular flexibility index (Phi) is 7.27. The third-order valence-electron chi connectivity index (χ3n) is 11.9. The van der Waals surface area contributed by atoms with E-state index < -0.39 is 0 Å². The molecular formula is C56H36. The predicted molar refractivity (Wildman–Crippen MR) is 245 cm³/mol. The minimum absolute atomic E-state index is 1.11. The Labute approximate surface area is 325 Å². The molecule has 0 aromatic heterocycles. The fourth-order valence-corrected chi connectivity index (χ4v) is 8.97. The maximum Gasteiger partial charge on any atom is -0.00987 e. The summed E-state index contributed by atoms with van der Waals surface area (Å²) >= 11 is 0. The van der Waals surface area contributed by atoms with E-state index in [1.807, 2.05) is 12.2 Å². The zero-order valence-corrected chi connectivity index (χ0v) is 30.9. The van der Waals surface area contributed by atoms with E-state index in [9.17, 15) is 0 Å². The number of fused-ring (bicyclic) bond motifs is 10. The standard InChI is InChI=1S/C56H36/c1-3-35-23-25-52-51(49(35)4-2)27-28-54-53(52)26-24-38-12-14-48(34-56(38)54)46-22-20-42-30-40(16-18-44(42)32-46)39-15-17-43-31-45(21-19-41(43)29-39)47-13-11-37-10-9-36-7-5-6-8-50(36)55(37)33-47/h3-34H,1-2H2. The van der Waals surface area contributed by atoms with Crippen molar-refractivity contribution in [2.75, 3.05) is 0 Å². The van der Waals surface area contributed by atoms with Crippen LogP contribution in [0.4, 0.5) is 0 Å². The fraction of sp³-hybridized carbons (Fsp3) is 0. The zero-order chi connectivity index (χ0) is 37.3. The van der Waals surface area contributed by atoms with Gasteiger partial charge in [-0.15, -0.1) is 0 Å². The van der Waals surface area contributed by atoms with Crippen molar-refractivity contribution in [3.05, 3.63) is 206 Å². The first-order chi connectivity index (χ1) is 27.6. The molecule has 0 fully saturated rings. The van der Waals surface area contributed by atoms with Crippen molar-refractivity contribution in [3.63, 3.8) is 0 Å². The van der Waals surface area contributed by atoms with Crippen molar-refractivity contribution in [1.29, 1.82) is 0 Å². The van der Waals surface area contributed by atoms with E-state index in [0.717, 1.165) is 11.1 Å². The van der Waals surface area contributed by atoms with Gasteiger partial charge in [0.15, 0.2) is 0 Å². The number of rotatable bonds is 5. The van der Waals surface area contributed by atoms with Crippen molar-refractivity contribution in [2.24, 2.45) is 0 Å². The third-order valence-corrected chi connectivity index (χ3v) is 11.9. The summed E-state index contributed by atoms with van der Waals surface area (Å²) in [6, 6.07) is 67.5. The first-order valence-corrected chi connectivity index (χ1v) is 19.3. The summed E-state index contributed by atoms with van der Waals surface area (Å²) in [5.74, 6) is 0. The largest absolute Gasteiger partial charge is 0.0984 e. The number of hydrogen-bond acceptors (Lipinski definition) is 0. The molecule has 0 atom stereocenters. The first-order valence-electron chi connectivity index (χ1n) is 19.3. The van der Waals surface area contributed by atoms with E-state index in [0.29, 0.717) is 0 Å². The lowest BCUT2D eigenvalue weighted by atomic mass is 9.91. The second-order valence-corrected chi connectivity index (χ2v) is 15.0. The van der Waals surface area contributed by atoms with Gasteiger partial charge in [0.2, 0.25) is 0 Å².